The largest absolute Gasteiger partial charge is 0.478 e. The van der Waals surface area contributed by atoms with Crippen LogP contribution in [0.5, 0.6) is 0 Å². The fourth-order valence-electron chi connectivity index (χ4n) is 2.05. The zero-order valence-corrected chi connectivity index (χ0v) is 12.7. The third kappa shape index (κ3) is 5.43. The Bertz CT molecular complexity index is 515. The maximum absolute atomic E-state index is 11.8. The van der Waals surface area contributed by atoms with E-state index in [1.54, 1.807) is 13.0 Å². The van der Waals surface area contributed by atoms with Gasteiger partial charge in [-0.25, -0.2) is 9.59 Å². The number of nitrogens with one attached hydrogen (secondary N) is 3. The molecule has 6 nitrogen and oxygen atoms in total. The Morgan fingerprint density at radius 1 is 1.19 bits per heavy atom. The van der Waals surface area contributed by atoms with Crippen molar-refractivity contribution in [3.63, 3.8) is 0 Å². The maximum atomic E-state index is 11.8. The van der Waals surface area contributed by atoms with Gasteiger partial charge in [-0.1, -0.05) is 13.0 Å². The Hall–Kier alpha value is -2.08. The molecule has 0 fully saturated rings. The highest BCUT2D eigenvalue weighted by Crippen LogP contribution is 2.22. The molecule has 0 atom stereocenters. The molecular formula is C15H23N3O3. The minimum atomic E-state index is -1.05. The van der Waals surface area contributed by atoms with Gasteiger partial charge < -0.3 is 21.1 Å². The summed E-state index contributed by atoms with van der Waals surface area (Å²) < 4.78 is 0. The van der Waals surface area contributed by atoms with Crippen LogP contribution in [0.4, 0.5) is 10.5 Å². The highest BCUT2D eigenvalue weighted by atomic mass is 16.4. The van der Waals surface area contributed by atoms with E-state index in [1.807, 2.05) is 19.9 Å². The summed E-state index contributed by atoms with van der Waals surface area (Å²) in [7, 11) is 0. The Morgan fingerprint density at radius 2 is 1.90 bits per heavy atom. The number of urea groups is 1. The lowest BCUT2D eigenvalue weighted by Gasteiger charge is -2.13. The Kier molecular flexibility index (Phi) is 6.68. The van der Waals surface area contributed by atoms with Gasteiger partial charge in [0.05, 0.1) is 11.3 Å². The fraction of sp³-hybridized carbons (Fsp3) is 0.467. The monoisotopic (exact) mass is 293 g/mol. The van der Waals surface area contributed by atoms with Gasteiger partial charge in [0.15, 0.2) is 0 Å². The molecule has 6 heteroatoms. The van der Waals surface area contributed by atoms with Crippen LogP contribution in [-0.2, 0) is 0 Å². The van der Waals surface area contributed by atoms with Gasteiger partial charge in [0.1, 0.15) is 0 Å². The van der Waals surface area contributed by atoms with Gasteiger partial charge in [-0.2, -0.15) is 0 Å². The van der Waals surface area contributed by atoms with Crippen LogP contribution in [0, 0.1) is 13.8 Å². The molecule has 21 heavy (non-hydrogen) atoms. The smallest absolute Gasteiger partial charge is 0.337 e. The number of aryl methyl sites for hydroxylation is 2. The van der Waals surface area contributed by atoms with Gasteiger partial charge in [0.25, 0.3) is 0 Å². The summed E-state index contributed by atoms with van der Waals surface area (Å²) in [5.41, 5.74) is 2.03. The molecule has 0 heterocycles. The van der Waals surface area contributed by atoms with Crippen molar-refractivity contribution in [3.8, 4) is 0 Å². The third-order valence-corrected chi connectivity index (χ3v) is 3.01. The second kappa shape index (κ2) is 8.26. The number of hydrogen-bond acceptors (Lipinski definition) is 3. The van der Waals surface area contributed by atoms with Gasteiger partial charge in [-0.3, -0.25) is 0 Å². The SMILES string of the molecule is CCNCCCNC(=O)Nc1c(C)cc(C)cc1C(=O)O. The fourth-order valence-corrected chi connectivity index (χ4v) is 2.05. The molecule has 0 aliphatic rings. The summed E-state index contributed by atoms with van der Waals surface area (Å²) in [4.78, 5) is 23.1. The molecule has 1 rings (SSSR count). The van der Waals surface area contributed by atoms with E-state index < -0.39 is 5.97 Å². The van der Waals surface area contributed by atoms with Crippen molar-refractivity contribution < 1.29 is 14.7 Å². The van der Waals surface area contributed by atoms with Crippen molar-refractivity contribution >= 4 is 17.7 Å². The van der Waals surface area contributed by atoms with Crippen LogP contribution < -0.4 is 16.0 Å². The standard InChI is InChI=1S/C15H23N3O3/c1-4-16-6-5-7-17-15(21)18-13-11(3)8-10(2)9-12(13)14(19)20/h8-9,16H,4-7H2,1-3H3,(H,19,20)(H2,17,18,21). The molecule has 0 bridgehead atoms. The normalized spacial score (nSPS) is 10.2. The summed E-state index contributed by atoms with van der Waals surface area (Å²) in [5, 5.41) is 17.7. The van der Waals surface area contributed by atoms with E-state index in [0.717, 1.165) is 30.6 Å². The summed E-state index contributed by atoms with van der Waals surface area (Å²) >= 11 is 0. The summed E-state index contributed by atoms with van der Waals surface area (Å²) in [6, 6.07) is 3.00. The summed E-state index contributed by atoms with van der Waals surface area (Å²) in [6.45, 7) is 7.89. The first-order valence-corrected chi connectivity index (χ1v) is 7.05. The van der Waals surface area contributed by atoms with E-state index in [4.69, 9.17) is 0 Å². The predicted molar refractivity (Wildman–Crippen MR) is 83.1 cm³/mol. The Labute approximate surface area is 124 Å². The molecule has 0 aliphatic heterocycles. The molecule has 2 amide bonds. The number of anilines is 1. The molecule has 0 saturated carbocycles. The molecule has 0 aromatic heterocycles. The third-order valence-electron chi connectivity index (χ3n) is 3.01. The minimum Gasteiger partial charge on any atom is -0.478 e. The highest BCUT2D eigenvalue weighted by Gasteiger charge is 2.15. The first-order valence-electron chi connectivity index (χ1n) is 7.05. The Balaban J connectivity index is 2.65. The molecule has 116 valence electrons. The zero-order chi connectivity index (χ0) is 15.8. The second-order valence-electron chi connectivity index (χ2n) is 4.90. The first-order chi connectivity index (χ1) is 9.95. The number of amides is 2. The highest BCUT2D eigenvalue weighted by molar-refractivity contribution is 6.01. The van der Waals surface area contributed by atoms with E-state index in [9.17, 15) is 14.7 Å². The van der Waals surface area contributed by atoms with Gasteiger partial charge >= 0.3 is 12.0 Å². The van der Waals surface area contributed by atoms with Crippen molar-refractivity contribution in [3.05, 3.63) is 28.8 Å². The number of rotatable bonds is 7. The number of benzene rings is 1. The zero-order valence-electron chi connectivity index (χ0n) is 12.7. The first kappa shape index (κ1) is 17.0. The van der Waals surface area contributed by atoms with Gasteiger partial charge in [0, 0.05) is 6.54 Å². The quantitative estimate of drug-likeness (QED) is 0.580. The molecule has 0 saturated heterocycles. The van der Waals surface area contributed by atoms with E-state index in [1.165, 1.54) is 0 Å². The lowest BCUT2D eigenvalue weighted by molar-refractivity contribution is 0.0698. The topological polar surface area (TPSA) is 90.5 Å². The second-order valence-corrected chi connectivity index (χ2v) is 4.90. The molecule has 0 radical (unpaired) electrons. The summed E-state index contributed by atoms with van der Waals surface area (Å²) in [5.74, 6) is -1.05. The van der Waals surface area contributed by atoms with Crippen LogP contribution in [0.3, 0.4) is 0 Å². The lowest BCUT2D eigenvalue weighted by Crippen LogP contribution is -2.32. The number of carbonyl (C=O) groups is 2. The van der Waals surface area contributed by atoms with Crippen LogP contribution >= 0.6 is 0 Å². The molecule has 0 unspecified atom stereocenters. The van der Waals surface area contributed by atoms with E-state index in [0.29, 0.717) is 12.2 Å². The molecule has 1 aromatic carbocycles. The van der Waals surface area contributed by atoms with Crippen LogP contribution in [0.2, 0.25) is 0 Å². The van der Waals surface area contributed by atoms with Crippen LogP contribution in [-0.4, -0.2) is 36.7 Å². The van der Waals surface area contributed by atoms with Crippen LogP contribution in [0.1, 0.15) is 34.8 Å². The number of carboxylic acids is 1. The van der Waals surface area contributed by atoms with E-state index in [-0.39, 0.29) is 11.6 Å². The molecular weight excluding hydrogens is 270 g/mol. The number of aromatic carboxylic acids is 1. The lowest BCUT2D eigenvalue weighted by atomic mass is 10.0. The average Bonchev–Trinajstić information content (AvgIpc) is 2.41. The average molecular weight is 293 g/mol. The van der Waals surface area contributed by atoms with Gasteiger partial charge in [-0.15, -0.1) is 0 Å². The van der Waals surface area contributed by atoms with Crippen molar-refractivity contribution in [2.75, 3.05) is 25.0 Å². The van der Waals surface area contributed by atoms with E-state index >= 15 is 0 Å². The van der Waals surface area contributed by atoms with Crippen molar-refractivity contribution in [2.24, 2.45) is 0 Å². The Morgan fingerprint density at radius 3 is 2.52 bits per heavy atom. The van der Waals surface area contributed by atoms with Crippen molar-refractivity contribution in [1.29, 1.82) is 0 Å². The minimum absolute atomic E-state index is 0.107. The molecule has 0 spiro atoms. The van der Waals surface area contributed by atoms with Crippen LogP contribution in [0.25, 0.3) is 0 Å². The maximum Gasteiger partial charge on any atom is 0.337 e. The van der Waals surface area contributed by atoms with Gasteiger partial charge in [0.2, 0.25) is 0 Å². The van der Waals surface area contributed by atoms with Crippen LogP contribution in [0.15, 0.2) is 12.1 Å². The number of carbonyl (C=O) groups excluding carboxylic acids is 1. The van der Waals surface area contributed by atoms with E-state index in [2.05, 4.69) is 16.0 Å². The molecule has 4 N–H and O–H groups in total. The molecule has 0 aliphatic carbocycles. The molecule has 1 aromatic rings. The number of hydrogen-bond donors (Lipinski definition) is 4. The number of carboxylic acid groups (broad SMARTS) is 1. The predicted octanol–water partition coefficient (Wildman–Crippen LogP) is 2.12. The van der Waals surface area contributed by atoms with Crippen molar-refractivity contribution in [2.45, 2.75) is 27.2 Å². The van der Waals surface area contributed by atoms with Crippen molar-refractivity contribution in [1.82, 2.24) is 10.6 Å². The summed E-state index contributed by atoms with van der Waals surface area (Å²) in [6.07, 6.45) is 0.819. The van der Waals surface area contributed by atoms with Gasteiger partial charge in [-0.05, 0) is 50.6 Å².